The lowest BCUT2D eigenvalue weighted by molar-refractivity contribution is -0.136. The van der Waals surface area contributed by atoms with Crippen LogP contribution >= 0.6 is 22.6 Å². The Morgan fingerprint density at radius 1 is 1.07 bits per heavy atom. The van der Waals surface area contributed by atoms with Gasteiger partial charge in [-0.05, 0) is 65.1 Å². The number of methoxy groups -OCH3 is 1. The van der Waals surface area contributed by atoms with Crippen molar-refractivity contribution < 1.29 is 23.9 Å². The Morgan fingerprint density at radius 3 is 2.46 bits per heavy atom. The fraction of sp³-hybridized carbons (Fsp3) is 0.0556. The molecule has 3 N–H and O–H groups in total. The molecule has 0 bridgehead atoms. The van der Waals surface area contributed by atoms with Gasteiger partial charge in [-0.3, -0.25) is 14.4 Å². The Morgan fingerprint density at radius 2 is 1.79 bits per heavy atom. The zero-order chi connectivity index (χ0) is 20.3. The standard InChI is InChI=1S/C18H13IN4O5/c1-28-18(27)9-2-5-11(6-3-9)20-16(25)17(26)23-22-14-12-8-10(19)4-7-13(12)21-15(14)24/h2-8H,1H3,(H,20,25)(H,23,26)(H,21,22,24). The van der Waals surface area contributed by atoms with E-state index in [0.29, 0.717) is 22.5 Å². The van der Waals surface area contributed by atoms with E-state index in [-0.39, 0.29) is 5.71 Å². The highest BCUT2D eigenvalue weighted by Crippen LogP contribution is 2.25. The molecule has 1 aliphatic heterocycles. The van der Waals surface area contributed by atoms with Crippen molar-refractivity contribution in [1.82, 2.24) is 5.43 Å². The molecule has 0 spiro atoms. The minimum absolute atomic E-state index is 0.0112. The molecule has 0 saturated heterocycles. The predicted octanol–water partition coefficient (Wildman–Crippen LogP) is 1.49. The first kappa shape index (κ1) is 19.5. The zero-order valence-corrected chi connectivity index (χ0v) is 16.6. The van der Waals surface area contributed by atoms with Crippen LogP contribution in [0.5, 0.6) is 0 Å². The highest BCUT2D eigenvalue weighted by atomic mass is 127. The number of anilines is 2. The smallest absolute Gasteiger partial charge is 0.337 e. The second kappa shape index (κ2) is 8.17. The van der Waals surface area contributed by atoms with Gasteiger partial charge in [0.15, 0.2) is 5.71 Å². The number of benzene rings is 2. The Kier molecular flexibility index (Phi) is 5.68. The van der Waals surface area contributed by atoms with E-state index in [4.69, 9.17) is 0 Å². The van der Waals surface area contributed by atoms with E-state index in [2.05, 4.69) is 48.5 Å². The van der Waals surface area contributed by atoms with Crippen LogP contribution in [0.1, 0.15) is 15.9 Å². The molecular weight excluding hydrogens is 479 g/mol. The third kappa shape index (κ3) is 4.17. The first-order valence-corrected chi connectivity index (χ1v) is 8.95. The van der Waals surface area contributed by atoms with Crippen molar-refractivity contribution in [3.8, 4) is 0 Å². The first-order valence-electron chi connectivity index (χ1n) is 7.87. The number of fused-ring (bicyclic) bond motifs is 1. The Labute approximate surface area is 172 Å². The Bertz CT molecular complexity index is 1020. The lowest BCUT2D eigenvalue weighted by atomic mass is 10.1. The van der Waals surface area contributed by atoms with E-state index < -0.39 is 23.7 Å². The minimum atomic E-state index is -1.04. The topological polar surface area (TPSA) is 126 Å². The summed E-state index contributed by atoms with van der Waals surface area (Å²) in [7, 11) is 1.26. The normalized spacial score (nSPS) is 13.5. The summed E-state index contributed by atoms with van der Waals surface area (Å²) in [6, 6.07) is 11.1. The number of ether oxygens (including phenoxy) is 1. The molecule has 142 valence electrons. The Balaban J connectivity index is 1.66. The number of nitrogens with zero attached hydrogens (tertiary/aromatic N) is 1. The van der Waals surface area contributed by atoms with Crippen molar-refractivity contribution >= 4 is 63.4 Å². The van der Waals surface area contributed by atoms with Crippen molar-refractivity contribution in [3.63, 3.8) is 0 Å². The molecule has 0 aromatic heterocycles. The van der Waals surface area contributed by atoms with Crippen molar-refractivity contribution in [2.75, 3.05) is 17.7 Å². The highest BCUT2D eigenvalue weighted by molar-refractivity contribution is 14.1. The molecule has 0 radical (unpaired) electrons. The van der Waals surface area contributed by atoms with E-state index in [1.54, 1.807) is 12.1 Å². The number of nitrogens with one attached hydrogen (secondary N) is 3. The van der Waals surface area contributed by atoms with E-state index in [9.17, 15) is 19.2 Å². The number of hydrazone groups is 1. The molecule has 9 nitrogen and oxygen atoms in total. The van der Waals surface area contributed by atoms with Crippen LogP contribution in [-0.4, -0.2) is 36.5 Å². The molecule has 0 aliphatic carbocycles. The van der Waals surface area contributed by atoms with Gasteiger partial charge in [0.1, 0.15) is 0 Å². The predicted molar refractivity (Wildman–Crippen MR) is 109 cm³/mol. The molecule has 1 aliphatic rings. The van der Waals surface area contributed by atoms with Crippen LogP contribution < -0.4 is 16.1 Å². The molecule has 0 atom stereocenters. The lowest BCUT2D eigenvalue weighted by Gasteiger charge is -2.05. The molecule has 0 saturated carbocycles. The van der Waals surface area contributed by atoms with Gasteiger partial charge < -0.3 is 15.4 Å². The molecule has 10 heteroatoms. The molecule has 0 unspecified atom stereocenters. The molecule has 3 amide bonds. The third-order valence-electron chi connectivity index (χ3n) is 3.74. The van der Waals surface area contributed by atoms with Crippen molar-refractivity contribution in [2.24, 2.45) is 5.10 Å². The lowest BCUT2D eigenvalue weighted by Crippen LogP contribution is -2.33. The number of esters is 1. The Hall–Kier alpha value is -3.28. The molecule has 2 aromatic rings. The van der Waals surface area contributed by atoms with Crippen molar-refractivity contribution in [2.45, 2.75) is 0 Å². The first-order chi connectivity index (χ1) is 13.4. The largest absolute Gasteiger partial charge is 0.465 e. The van der Waals surface area contributed by atoms with Crippen LogP contribution in [-0.2, 0) is 19.1 Å². The number of hydrogen-bond donors (Lipinski definition) is 3. The highest BCUT2D eigenvalue weighted by Gasteiger charge is 2.27. The molecule has 1 heterocycles. The summed E-state index contributed by atoms with van der Waals surface area (Å²) in [6.07, 6.45) is 0. The van der Waals surface area contributed by atoms with E-state index in [0.717, 1.165) is 3.57 Å². The van der Waals surface area contributed by atoms with Gasteiger partial charge in [0.2, 0.25) is 0 Å². The van der Waals surface area contributed by atoms with Gasteiger partial charge in [0.25, 0.3) is 5.91 Å². The van der Waals surface area contributed by atoms with Gasteiger partial charge in [-0.25, -0.2) is 10.2 Å². The summed E-state index contributed by atoms with van der Waals surface area (Å²) < 4.78 is 5.47. The summed E-state index contributed by atoms with van der Waals surface area (Å²) in [5.74, 6) is -3.01. The molecule has 28 heavy (non-hydrogen) atoms. The van der Waals surface area contributed by atoms with Gasteiger partial charge in [-0.1, -0.05) is 0 Å². The summed E-state index contributed by atoms with van der Waals surface area (Å²) in [6.45, 7) is 0. The molecular formula is C18H13IN4O5. The van der Waals surface area contributed by atoms with Gasteiger partial charge >= 0.3 is 17.8 Å². The SMILES string of the molecule is COC(=O)c1ccc(NC(=O)C(=O)N/N=C2\C(=O)Nc3ccc(I)cc32)cc1. The van der Waals surface area contributed by atoms with E-state index >= 15 is 0 Å². The molecule has 0 fully saturated rings. The van der Waals surface area contributed by atoms with Gasteiger partial charge in [-0.2, -0.15) is 5.10 Å². The van der Waals surface area contributed by atoms with Crippen LogP contribution in [0.25, 0.3) is 0 Å². The number of rotatable bonds is 3. The van der Waals surface area contributed by atoms with Crippen molar-refractivity contribution in [3.05, 3.63) is 57.2 Å². The number of carbonyl (C=O) groups excluding carboxylic acids is 4. The maximum atomic E-state index is 12.0. The maximum absolute atomic E-state index is 12.0. The van der Waals surface area contributed by atoms with Crippen LogP contribution in [0.3, 0.4) is 0 Å². The van der Waals surface area contributed by atoms with Gasteiger partial charge in [0, 0.05) is 14.8 Å². The number of halogens is 1. The molecule has 2 aromatic carbocycles. The van der Waals surface area contributed by atoms with Crippen molar-refractivity contribution in [1.29, 1.82) is 0 Å². The number of hydrogen-bond acceptors (Lipinski definition) is 6. The van der Waals surface area contributed by atoms with Crippen LogP contribution in [0.15, 0.2) is 47.6 Å². The van der Waals surface area contributed by atoms with Crippen LogP contribution in [0.4, 0.5) is 11.4 Å². The fourth-order valence-corrected chi connectivity index (χ4v) is 2.88. The maximum Gasteiger partial charge on any atom is 0.337 e. The minimum Gasteiger partial charge on any atom is -0.465 e. The quantitative estimate of drug-likeness (QED) is 0.259. The fourth-order valence-electron chi connectivity index (χ4n) is 2.39. The summed E-state index contributed by atoms with van der Waals surface area (Å²) in [5, 5.41) is 8.77. The average molecular weight is 492 g/mol. The summed E-state index contributed by atoms with van der Waals surface area (Å²) in [4.78, 5) is 47.3. The second-order valence-corrected chi connectivity index (χ2v) is 6.81. The van der Waals surface area contributed by atoms with Crippen LogP contribution in [0, 0.1) is 3.57 Å². The van der Waals surface area contributed by atoms with Crippen LogP contribution in [0.2, 0.25) is 0 Å². The monoisotopic (exact) mass is 492 g/mol. The average Bonchev–Trinajstić information content (AvgIpc) is 3.00. The second-order valence-electron chi connectivity index (χ2n) is 5.57. The van der Waals surface area contributed by atoms with Gasteiger partial charge in [0.05, 0.1) is 18.4 Å². The zero-order valence-electron chi connectivity index (χ0n) is 14.4. The van der Waals surface area contributed by atoms with E-state index in [1.807, 2.05) is 6.07 Å². The number of carbonyl (C=O) groups is 4. The number of amides is 3. The summed E-state index contributed by atoms with van der Waals surface area (Å²) >= 11 is 2.09. The summed E-state index contributed by atoms with van der Waals surface area (Å²) in [5.41, 5.74) is 3.81. The molecule has 3 rings (SSSR count). The third-order valence-corrected chi connectivity index (χ3v) is 4.41. The van der Waals surface area contributed by atoms with E-state index in [1.165, 1.54) is 31.4 Å². The van der Waals surface area contributed by atoms with Gasteiger partial charge in [-0.15, -0.1) is 0 Å².